The van der Waals surface area contributed by atoms with E-state index in [1.54, 1.807) is 10.6 Å². The van der Waals surface area contributed by atoms with Crippen LogP contribution in [0.1, 0.15) is 43.4 Å². The van der Waals surface area contributed by atoms with Gasteiger partial charge in [-0.2, -0.15) is 0 Å². The second-order valence-electron chi connectivity index (χ2n) is 9.76. The van der Waals surface area contributed by atoms with Crippen LogP contribution < -0.4 is 25.1 Å². The molecule has 0 aliphatic carbocycles. The van der Waals surface area contributed by atoms with Crippen LogP contribution in [0.2, 0.25) is 0 Å². The first-order chi connectivity index (χ1) is 18.5. The van der Waals surface area contributed by atoms with E-state index in [0.717, 1.165) is 42.6 Å². The highest BCUT2D eigenvalue weighted by molar-refractivity contribution is 7.10. The SMILES string of the molecule is CC1=C(C(=O)Nc2ccccc2)[C@H](c2cccs2)n2c(s/c(=C/c3ccc(N4CCC(C)CC4)o3)c2=O)=N1. The van der Waals surface area contributed by atoms with Crippen LogP contribution in [0, 0.1) is 5.92 Å². The Balaban J connectivity index is 1.38. The summed E-state index contributed by atoms with van der Waals surface area (Å²) in [5.74, 6) is 1.94. The van der Waals surface area contributed by atoms with Crippen molar-refractivity contribution < 1.29 is 9.21 Å². The molecule has 38 heavy (non-hydrogen) atoms. The second kappa shape index (κ2) is 10.2. The van der Waals surface area contributed by atoms with E-state index in [2.05, 4.69) is 17.1 Å². The minimum absolute atomic E-state index is 0.186. The Labute approximate surface area is 228 Å². The van der Waals surface area contributed by atoms with Crippen LogP contribution in [-0.2, 0) is 4.79 Å². The zero-order valence-electron chi connectivity index (χ0n) is 21.2. The zero-order chi connectivity index (χ0) is 26.2. The first kappa shape index (κ1) is 24.6. The van der Waals surface area contributed by atoms with Crippen molar-refractivity contribution >= 4 is 46.2 Å². The van der Waals surface area contributed by atoms with E-state index in [9.17, 15) is 9.59 Å². The quantitative estimate of drug-likeness (QED) is 0.393. The van der Waals surface area contributed by atoms with Crippen molar-refractivity contribution in [3.05, 3.63) is 102 Å². The van der Waals surface area contributed by atoms with E-state index < -0.39 is 6.04 Å². The lowest BCUT2D eigenvalue weighted by atomic mass is 9.99. The number of aromatic nitrogens is 1. The van der Waals surface area contributed by atoms with Crippen molar-refractivity contribution in [1.82, 2.24) is 4.57 Å². The fourth-order valence-corrected chi connectivity index (χ4v) is 6.85. The van der Waals surface area contributed by atoms with Gasteiger partial charge >= 0.3 is 0 Å². The molecule has 1 fully saturated rings. The summed E-state index contributed by atoms with van der Waals surface area (Å²) in [5.41, 5.74) is 1.57. The Morgan fingerprint density at radius 2 is 1.89 bits per heavy atom. The minimum atomic E-state index is -0.556. The van der Waals surface area contributed by atoms with Gasteiger partial charge in [0, 0.05) is 35.8 Å². The lowest BCUT2D eigenvalue weighted by Gasteiger charge is -2.29. The number of anilines is 2. The molecule has 0 saturated carbocycles. The number of furan rings is 1. The van der Waals surface area contributed by atoms with Crippen molar-refractivity contribution in [2.75, 3.05) is 23.3 Å². The molecular weight excluding hydrogens is 516 g/mol. The van der Waals surface area contributed by atoms with Gasteiger partial charge in [-0.05, 0) is 55.3 Å². The highest BCUT2D eigenvalue weighted by atomic mass is 32.1. The number of thiazole rings is 1. The van der Waals surface area contributed by atoms with Crippen LogP contribution in [0.3, 0.4) is 0 Å². The van der Waals surface area contributed by atoms with Gasteiger partial charge < -0.3 is 14.6 Å². The molecule has 6 rings (SSSR count). The molecule has 1 atom stereocenters. The largest absolute Gasteiger partial charge is 0.441 e. The highest BCUT2D eigenvalue weighted by Gasteiger charge is 2.33. The number of amides is 1. The summed E-state index contributed by atoms with van der Waals surface area (Å²) in [6, 6.07) is 16.5. The van der Waals surface area contributed by atoms with Gasteiger partial charge in [-0.3, -0.25) is 14.2 Å². The summed E-state index contributed by atoms with van der Waals surface area (Å²) < 4.78 is 8.29. The Morgan fingerprint density at radius 3 is 2.63 bits per heavy atom. The van der Waals surface area contributed by atoms with Crippen molar-refractivity contribution in [3.63, 3.8) is 0 Å². The van der Waals surface area contributed by atoms with E-state index in [0.29, 0.717) is 32.1 Å². The van der Waals surface area contributed by atoms with Crippen LogP contribution >= 0.6 is 22.7 Å². The molecule has 4 aromatic rings. The Kier molecular flexibility index (Phi) is 6.63. The summed E-state index contributed by atoms with van der Waals surface area (Å²) in [6.07, 6.45) is 4.09. The number of rotatable bonds is 5. The number of nitrogens with zero attached hydrogens (tertiary/aromatic N) is 3. The second-order valence-corrected chi connectivity index (χ2v) is 11.8. The first-order valence-corrected chi connectivity index (χ1v) is 14.4. The molecule has 1 N–H and O–H groups in total. The number of benzene rings is 1. The maximum Gasteiger partial charge on any atom is 0.271 e. The molecule has 1 saturated heterocycles. The molecule has 0 spiro atoms. The molecule has 194 valence electrons. The number of para-hydroxylation sites is 1. The number of nitrogens with one attached hydrogen (secondary N) is 1. The molecule has 2 aliphatic rings. The maximum absolute atomic E-state index is 13.8. The van der Waals surface area contributed by atoms with Crippen LogP contribution in [0.15, 0.2) is 85.5 Å². The number of thiophene rings is 1. The van der Waals surface area contributed by atoms with Gasteiger partial charge in [-0.1, -0.05) is 42.5 Å². The predicted molar refractivity (Wildman–Crippen MR) is 152 cm³/mol. The molecule has 0 radical (unpaired) electrons. The number of carbonyl (C=O) groups excluding carboxylic acids is 1. The maximum atomic E-state index is 13.8. The Hall–Kier alpha value is -3.69. The third-order valence-corrected chi connectivity index (χ3v) is 9.00. The molecule has 1 amide bonds. The molecule has 0 unspecified atom stereocenters. The normalized spacial score (nSPS) is 18.4. The van der Waals surface area contributed by atoms with E-state index in [-0.39, 0.29) is 11.5 Å². The van der Waals surface area contributed by atoms with Crippen molar-refractivity contribution in [1.29, 1.82) is 0 Å². The van der Waals surface area contributed by atoms with Crippen molar-refractivity contribution in [2.24, 2.45) is 10.9 Å². The lowest BCUT2D eigenvalue weighted by Crippen LogP contribution is -2.40. The van der Waals surface area contributed by atoms with Crippen LogP contribution in [0.4, 0.5) is 11.6 Å². The summed E-state index contributed by atoms with van der Waals surface area (Å²) in [7, 11) is 0. The Bertz CT molecular complexity index is 1670. The topological polar surface area (TPSA) is 79.8 Å². The van der Waals surface area contributed by atoms with Gasteiger partial charge in [0.2, 0.25) is 0 Å². The van der Waals surface area contributed by atoms with Gasteiger partial charge in [-0.25, -0.2) is 4.99 Å². The standard InChI is InChI=1S/C29H28N4O3S2/c1-18-12-14-32(15-13-18)24-11-10-21(36-24)17-23-28(35)33-26(22-9-6-16-37-22)25(19(2)30-29(33)38-23)27(34)31-20-7-4-3-5-8-20/h3-11,16-18,26H,12-15H2,1-2H3,(H,31,34)/b23-17+/t26-/m0/s1. The summed E-state index contributed by atoms with van der Waals surface area (Å²) in [4.78, 5) is 35.7. The lowest BCUT2D eigenvalue weighted by molar-refractivity contribution is -0.113. The van der Waals surface area contributed by atoms with Crippen molar-refractivity contribution in [2.45, 2.75) is 32.7 Å². The number of piperidine rings is 1. The third-order valence-electron chi connectivity index (χ3n) is 7.09. The van der Waals surface area contributed by atoms with Gasteiger partial charge in [-0.15, -0.1) is 11.3 Å². The van der Waals surface area contributed by atoms with Crippen LogP contribution in [0.25, 0.3) is 6.08 Å². The number of hydrogen-bond acceptors (Lipinski definition) is 7. The average Bonchev–Trinajstić information content (AvgIpc) is 3.66. The fourth-order valence-electron chi connectivity index (χ4n) is 5.00. The van der Waals surface area contributed by atoms with E-state index in [1.165, 1.54) is 22.7 Å². The van der Waals surface area contributed by atoms with Gasteiger partial charge in [0.25, 0.3) is 11.5 Å². The van der Waals surface area contributed by atoms with E-state index >= 15 is 0 Å². The molecule has 0 bridgehead atoms. The molecule has 1 aromatic carbocycles. The van der Waals surface area contributed by atoms with Gasteiger partial charge in [0.1, 0.15) is 11.8 Å². The molecule has 5 heterocycles. The van der Waals surface area contributed by atoms with E-state index in [1.807, 2.05) is 66.9 Å². The number of carbonyl (C=O) groups is 1. The van der Waals surface area contributed by atoms with Crippen LogP contribution in [0.5, 0.6) is 0 Å². The summed E-state index contributed by atoms with van der Waals surface area (Å²) >= 11 is 2.84. The number of fused-ring (bicyclic) bond motifs is 1. The summed E-state index contributed by atoms with van der Waals surface area (Å²) in [5, 5.41) is 4.93. The van der Waals surface area contributed by atoms with Crippen molar-refractivity contribution in [3.8, 4) is 0 Å². The first-order valence-electron chi connectivity index (χ1n) is 12.7. The molecule has 3 aromatic heterocycles. The number of allylic oxidation sites excluding steroid dienone is 1. The fraction of sp³-hybridized carbons (Fsp3) is 0.276. The average molecular weight is 545 g/mol. The third kappa shape index (κ3) is 4.68. The Morgan fingerprint density at radius 1 is 1.11 bits per heavy atom. The molecule has 7 nitrogen and oxygen atoms in total. The highest BCUT2D eigenvalue weighted by Crippen LogP contribution is 2.33. The van der Waals surface area contributed by atoms with E-state index in [4.69, 9.17) is 9.41 Å². The predicted octanol–water partition coefficient (Wildman–Crippen LogP) is 4.76. The molecule has 9 heteroatoms. The van der Waals surface area contributed by atoms with Gasteiger partial charge in [0.05, 0.1) is 15.8 Å². The smallest absolute Gasteiger partial charge is 0.271 e. The molecule has 2 aliphatic heterocycles. The van der Waals surface area contributed by atoms with Gasteiger partial charge in [0.15, 0.2) is 10.7 Å². The monoisotopic (exact) mass is 544 g/mol. The molecular formula is C29H28N4O3S2. The number of hydrogen-bond donors (Lipinski definition) is 1. The van der Waals surface area contributed by atoms with Crippen LogP contribution in [-0.4, -0.2) is 23.6 Å². The summed E-state index contributed by atoms with van der Waals surface area (Å²) in [6.45, 7) is 6.07. The zero-order valence-corrected chi connectivity index (χ0v) is 22.8. The minimum Gasteiger partial charge on any atom is -0.441 e.